The van der Waals surface area contributed by atoms with Crippen LogP contribution < -0.4 is 10.6 Å². The highest BCUT2D eigenvalue weighted by Gasteiger charge is 2.12. The van der Waals surface area contributed by atoms with Gasteiger partial charge >= 0.3 is 0 Å². The minimum atomic E-state index is -0.337. The number of hydrogen-bond donors (Lipinski definition) is 2. The molecule has 1 aromatic heterocycles. The molecule has 1 heterocycles. The van der Waals surface area contributed by atoms with Gasteiger partial charge in [0.15, 0.2) is 0 Å². The average Bonchev–Trinajstić information content (AvgIpc) is 2.48. The molecule has 0 unspecified atom stereocenters. The van der Waals surface area contributed by atoms with Crippen LogP contribution in [0, 0.1) is 0 Å². The third kappa shape index (κ3) is 3.88. The van der Waals surface area contributed by atoms with Crippen LogP contribution in [0.15, 0.2) is 47.1 Å². The number of amides is 2. The van der Waals surface area contributed by atoms with Gasteiger partial charge in [-0.3, -0.25) is 9.59 Å². The van der Waals surface area contributed by atoms with E-state index in [-0.39, 0.29) is 11.8 Å². The summed E-state index contributed by atoms with van der Waals surface area (Å²) in [5.74, 6) is -0.511. The molecule has 0 spiro atoms. The van der Waals surface area contributed by atoms with E-state index in [9.17, 15) is 9.59 Å². The van der Waals surface area contributed by atoms with Gasteiger partial charge in [-0.05, 0) is 53.2 Å². The Morgan fingerprint density at radius 3 is 2.71 bits per heavy atom. The van der Waals surface area contributed by atoms with Crippen LogP contribution >= 0.6 is 15.9 Å². The zero-order valence-corrected chi connectivity index (χ0v) is 13.0. The zero-order chi connectivity index (χ0) is 15.2. The van der Waals surface area contributed by atoms with Gasteiger partial charge in [-0.25, -0.2) is 4.98 Å². The lowest BCUT2D eigenvalue weighted by molar-refractivity contribution is 0.0954. The molecule has 1 aromatic carbocycles. The first-order chi connectivity index (χ1) is 10.1. The molecule has 21 heavy (non-hydrogen) atoms. The fourth-order valence-electron chi connectivity index (χ4n) is 1.74. The highest BCUT2D eigenvalue weighted by Crippen LogP contribution is 2.16. The minimum Gasteiger partial charge on any atom is -0.352 e. The van der Waals surface area contributed by atoms with Crippen LogP contribution in [0.3, 0.4) is 0 Å². The summed E-state index contributed by atoms with van der Waals surface area (Å²) in [6.45, 7) is 2.40. The van der Waals surface area contributed by atoms with Gasteiger partial charge in [0.2, 0.25) is 0 Å². The largest absolute Gasteiger partial charge is 0.352 e. The zero-order valence-electron chi connectivity index (χ0n) is 11.4. The van der Waals surface area contributed by atoms with Crippen molar-refractivity contribution in [3.8, 4) is 0 Å². The van der Waals surface area contributed by atoms with Gasteiger partial charge in [0.05, 0.1) is 0 Å². The summed E-state index contributed by atoms with van der Waals surface area (Å²) in [6.07, 6.45) is 1.55. The number of carbonyl (C=O) groups is 2. The molecule has 0 fully saturated rings. The highest BCUT2D eigenvalue weighted by molar-refractivity contribution is 9.10. The van der Waals surface area contributed by atoms with Crippen molar-refractivity contribution in [2.75, 3.05) is 11.9 Å². The molecule has 0 radical (unpaired) electrons. The van der Waals surface area contributed by atoms with Crippen LogP contribution in [-0.2, 0) is 0 Å². The van der Waals surface area contributed by atoms with Gasteiger partial charge in [0.25, 0.3) is 11.8 Å². The summed E-state index contributed by atoms with van der Waals surface area (Å²) in [5, 5.41) is 5.44. The maximum atomic E-state index is 12.1. The van der Waals surface area contributed by atoms with Crippen LogP contribution in [0.2, 0.25) is 0 Å². The second kappa shape index (κ2) is 6.99. The van der Waals surface area contributed by atoms with Crippen molar-refractivity contribution in [3.05, 3.63) is 58.3 Å². The summed E-state index contributed by atoms with van der Waals surface area (Å²) < 4.78 is 0.613. The molecule has 0 bridgehead atoms. The van der Waals surface area contributed by atoms with Gasteiger partial charge in [-0.1, -0.05) is 6.07 Å². The van der Waals surface area contributed by atoms with Crippen molar-refractivity contribution < 1.29 is 9.59 Å². The number of aromatic nitrogens is 1. The SMILES string of the molecule is CCNC(=O)c1cccc(NC(=O)c2ncccc2Br)c1. The number of carbonyl (C=O) groups excluding carboxylic acids is 2. The number of benzene rings is 1. The molecular formula is C15H14BrN3O2. The topological polar surface area (TPSA) is 71.1 Å². The molecular weight excluding hydrogens is 334 g/mol. The van der Waals surface area contributed by atoms with Crippen molar-refractivity contribution in [2.45, 2.75) is 6.92 Å². The Kier molecular flexibility index (Phi) is 5.05. The Morgan fingerprint density at radius 2 is 2.00 bits per heavy atom. The van der Waals surface area contributed by atoms with E-state index >= 15 is 0 Å². The van der Waals surface area contributed by atoms with Crippen LogP contribution in [-0.4, -0.2) is 23.3 Å². The van der Waals surface area contributed by atoms with Crippen molar-refractivity contribution in [1.29, 1.82) is 0 Å². The smallest absolute Gasteiger partial charge is 0.275 e. The van der Waals surface area contributed by atoms with Gasteiger partial charge in [-0.15, -0.1) is 0 Å². The van der Waals surface area contributed by atoms with Gasteiger partial charge in [0.1, 0.15) is 5.69 Å². The van der Waals surface area contributed by atoms with Gasteiger partial charge < -0.3 is 10.6 Å². The fraction of sp³-hybridized carbons (Fsp3) is 0.133. The van der Waals surface area contributed by atoms with Crippen molar-refractivity contribution in [3.63, 3.8) is 0 Å². The lowest BCUT2D eigenvalue weighted by atomic mass is 10.2. The molecule has 5 nitrogen and oxygen atoms in total. The number of nitrogens with zero attached hydrogens (tertiary/aromatic N) is 1. The Labute approximate surface area is 130 Å². The molecule has 108 valence electrons. The van der Waals surface area contributed by atoms with Crippen LogP contribution in [0.4, 0.5) is 5.69 Å². The third-order valence-electron chi connectivity index (χ3n) is 2.69. The number of halogens is 1. The minimum absolute atomic E-state index is 0.174. The number of pyridine rings is 1. The monoisotopic (exact) mass is 347 g/mol. The van der Waals surface area contributed by atoms with Gasteiger partial charge in [0, 0.05) is 28.5 Å². The predicted octanol–water partition coefficient (Wildman–Crippen LogP) is 2.85. The molecule has 0 saturated carbocycles. The maximum Gasteiger partial charge on any atom is 0.275 e. The normalized spacial score (nSPS) is 10.0. The first kappa shape index (κ1) is 15.2. The predicted molar refractivity (Wildman–Crippen MR) is 84.3 cm³/mol. The standard InChI is InChI=1S/C15H14BrN3O2/c1-2-17-14(20)10-5-3-6-11(9-10)19-15(21)13-12(16)7-4-8-18-13/h3-9H,2H2,1H3,(H,17,20)(H,19,21). The molecule has 2 rings (SSSR count). The first-order valence-corrected chi connectivity index (χ1v) is 7.21. The van der Waals surface area contributed by atoms with Crippen LogP contribution in [0.25, 0.3) is 0 Å². The van der Waals surface area contributed by atoms with Crippen molar-refractivity contribution >= 4 is 33.4 Å². The lowest BCUT2D eigenvalue weighted by Gasteiger charge is -2.08. The van der Waals surface area contributed by atoms with Crippen molar-refractivity contribution in [2.24, 2.45) is 0 Å². The molecule has 2 N–H and O–H groups in total. The first-order valence-electron chi connectivity index (χ1n) is 6.42. The van der Waals surface area contributed by atoms with E-state index in [2.05, 4.69) is 31.5 Å². The lowest BCUT2D eigenvalue weighted by Crippen LogP contribution is -2.23. The second-order valence-electron chi connectivity index (χ2n) is 4.23. The molecule has 2 amide bonds. The summed E-state index contributed by atoms with van der Waals surface area (Å²) in [5.41, 5.74) is 1.33. The Hall–Kier alpha value is -2.21. The van der Waals surface area contributed by atoms with E-state index in [1.807, 2.05) is 6.92 Å². The number of hydrogen-bond acceptors (Lipinski definition) is 3. The average molecular weight is 348 g/mol. The van der Waals surface area contributed by atoms with E-state index in [1.54, 1.807) is 42.6 Å². The fourth-order valence-corrected chi connectivity index (χ4v) is 2.18. The summed E-state index contributed by atoms with van der Waals surface area (Å²) in [7, 11) is 0. The van der Waals surface area contributed by atoms with Crippen molar-refractivity contribution in [1.82, 2.24) is 10.3 Å². The molecule has 0 aliphatic heterocycles. The Bertz CT molecular complexity index is 673. The summed E-state index contributed by atoms with van der Waals surface area (Å²) in [6, 6.07) is 10.2. The third-order valence-corrected chi connectivity index (χ3v) is 3.33. The number of nitrogens with one attached hydrogen (secondary N) is 2. The van der Waals surface area contributed by atoms with Crippen LogP contribution in [0.1, 0.15) is 27.8 Å². The molecule has 6 heteroatoms. The van der Waals surface area contributed by atoms with E-state index < -0.39 is 0 Å². The molecule has 0 saturated heterocycles. The van der Waals surface area contributed by atoms with Crippen LogP contribution in [0.5, 0.6) is 0 Å². The highest BCUT2D eigenvalue weighted by atomic mass is 79.9. The summed E-state index contributed by atoms with van der Waals surface area (Å²) in [4.78, 5) is 27.9. The Balaban J connectivity index is 2.17. The van der Waals surface area contributed by atoms with E-state index in [4.69, 9.17) is 0 Å². The van der Waals surface area contributed by atoms with E-state index in [0.717, 1.165) is 0 Å². The molecule has 2 aromatic rings. The molecule has 0 atom stereocenters. The summed E-state index contributed by atoms with van der Waals surface area (Å²) >= 11 is 3.28. The van der Waals surface area contributed by atoms with E-state index in [0.29, 0.717) is 28.0 Å². The quantitative estimate of drug-likeness (QED) is 0.893. The molecule has 0 aliphatic rings. The number of anilines is 1. The van der Waals surface area contributed by atoms with Gasteiger partial charge in [-0.2, -0.15) is 0 Å². The number of rotatable bonds is 4. The Morgan fingerprint density at radius 1 is 1.19 bits per heavy atom. The second-order valence-corrected chi connectivity index (χ2v) is 5.08. The molecule has 0 aliphatic carbocycles. The van der Waals surface area contributed by atoms with E-state index in [1.165, 1.54) is 0 Å². The maximum absolute atomic E-state index is 12.1.